The van der Waals surface area contributed by atoms with Gasteiger partial charge in [-0.3, -0.25) is 0 Å². The summed E-state index contributed by atoms with van der Waals surface area (Å²) in [7, 11) is 2.20. The Kier molecular flexibility index (Phi) is 3.44. The van der Waals surface area contributed by atoms with Gasteiger partial charge >= 0.3 is 0 Å². The van der Waals surface area contributed by atoms with Crippen LogP contribution < -0.4 is 5.32 Å². The second-order valence-electron chi connectivity index (χ2n) is 6.08. The highest BCUT2D eigenvalue weighted by atomic mass is 16.3. The Labute approximate surface area is 110 Å². The van der Waals surface area contributed by atoms with Crippen LogP contribution in [0.2, 0.25) is 0 Å². The number of furan rings is 1. The smallest absolute Gasteiger partial charge is 0.117 e. The highest BCUT2D eigenvalue weighted by Crippen LogP contribution is 2.47. The third-order valence-electron chi connectivity index (χ3n) is 4.44. The maximum absolute atomic E-state index is 5.92. The van der Waals surface area contributed by atoms with E-state index in [1.807, 2.05) is 0 Å². The Morgan fingerprint density at radius 3 is 2.72 bits per heavy atom. The summed E-state index contributed by atoms with van der Waals surface area (Å²) in [4.78, 5) is 2.40. The van der Waals surface area contributed by atoms with Gasteiger partial charge in [0.25, 0.3) is 0 Å². The molecule has 0 bridgehead atoms. The Morgan fingerprint density at radius 1 is 1.33 bits per heavy atom. The lowest BCUT2D eigenvalue weighted by atomic mass is 10.1. The zero-order valence-corrected chi connectivity index (χ0v) is 11.5. The van der Waals surface area contributed by atoms with Crippen LogP contribution >= 0.6 is 0 Å². The highest BCUT2D eigenvalue weighted by molar-refractivity contribution is 5.17. The van der Waals surface area contributed by atoms with E-state index in [4.69, 9.17) is 4.42 Å². The Hall–Kier alpha value is -0.800. The summed E-state index contributed by atoms with van der Waals surface area (Å²) in [6.45, 7) is 5.60. The second kappa shape index (κ2) is 5.06. The average molecular weight is 248 g/mol. The minimum absolute atomic E-state index is 0.662. The number of likely N-dealkylation sites (tertiary alicyclic amines) is 1. The number of rotatable bonds is 4. The van der Waals surface area contributed by atoms with Crippen molar-refractivity contribution in [1.82, 2.24) is 10.2 Å². The topological polar surface area (TPSA) is 28.4 Å². The number of nitrogens with zero attached hydrogens (tertiary/aromatic N) is 1. The summed E-state index contributed by atoms with van der Waals surface area (Å²) in [5.41, 5.74) is 0. The largest absolute Gasteiger partial charge is 0.464 e. The molecule has 3 heteroatoms. The quantitative estimate of drug-likeness (QED) is 0.888. The summed E-state index contributed by atoms with van der Waals surface area (Å²) in [5, 5.41) is 3.62. The first-order chi connectivity index (χ1) is 8.72. The maximum atomic E-state index is 5.92. The van der Waals surface area contributed by atoms with Crippen LogP contribution in [0.1, 0.15) is 43.6 Å². The lowest BCUT2D eigenvalue weighted by Gasteiger charge is -2.29. The van der Waals surface area contributed by atoms with Gasteiger partial charge in [-0.15, -0.1) is 0 Å². The monoisotopic (exact) mass is 248 g/mol. The van der Waals surface area contributed by atoms with E-state index in [1.165, 1.54) is 38.1 Å². The van der Waals surface area contributed by atoms with Gasteiger partial charge in [0.05, 0.1) is 6.54 Å². The van der Waals surface area contributed by atoms with Gasteiger partial charge in [0.15, 0.2) is 0 Å². The summed E-state index contributed by atoms with van der Waals surface area (Å²) in [5.74, 6) is 3.82. The van der Waals surface area contributed by atoms with Gasteiger partial charge in [-0.25, -0.2) is 0 Å². The van der Waals surface area contributed by atoms with Crippen molar-refractivity contribution in [3.63, 3.8) is 0 Å². The Bertz CT molecular complexity index is 393. The molecule has 100 valence electrons. The lowest BCUT2D eigenvalue weighted by Crippen LogP contribution is -2.40. The van der Waals surface area contributed by atoms with E-state index in [0.29, 0.717) is 12.0 Å². The molecule has 0 aromatic carbocycles. The molecule has 0 spiro atoms. The number of hydrogen-bond donors (Lipinski definition) is 1. The first-order valence-electron chi connectivity index (χ1n) is 7.23. The van der Waals surface area contributed by atoms with Crippen LogP contribution in [0.3, 0.4) is 0 Å². The van der Waals surface area contributed by atoms with Crippen LogP contribution in [0.15, 0.2) is 16.5 Å². The van der Waals surface area contributed by atoms with Crippen LogP contribution in [0.5, 0.6) is 0 Å². The number of hydrogen-bond acceptors (Lipinski definition) is 3. The van der Waals surface area contributed by atoms with Gasteiger partial charge in [-0.2, -0.15) is 0 Å². The summed E-state index contributed by atoms with van der Waals surface area (Å²) < 4.78 is 5.92. The third-order valence-corrected chi connectivity index (χ3v) is 4.44. The average Bonchev–Trinajstić information content (AvgIpc) is 2.92. The van der Waals surface area contributed by atoms with Crippen LogP contribution in [0, 0.1) is 5.92 Å². The minimum atomic E-state index is 0.662. The Balaban J connectivity index is 1.46. The van der Waals surface area contributed by atoms with Gasteiger partial charge in [-0.05, 0) is 57.5 Å². The van der Waals surface area contributed by atoms with Crippen LogP contribution in [0.4, 0.5) is 0 Å². The van der Waals surface area contributed by atoms with Crippen molar-refractivity contribution >= 4 is 0 Å². The van der Waals surface area contributed by atoms with E-state index in [1.54, 1.807) is 0 Å². The summed E-state index contributed by atoms with van der Waals surface area (Å²) >= 11 is 0. The normalized spacial score (nSPS) is 29.7. The van der Waals surface area contributed by atoms with Crippen LogP contribution in [0.25, 0.3) is 0 Å². The molecule has 2 aliphatic rings. The molecule has 1 saturated heterocycles. The van der Waals surface area contributed by atoms with Gasteiger partial charge < -0.3 is 14.6 Å². The van der Waals surface area contributed by atoms with Gasteiger partial charge in [0.2, 0.25) is 0 Å². The van der Waals surface area contributed by atoms with Gasteiger partial charge in [0, 0.05) is 12.0 Å². The van der Waals surface area contributed by atoms with E-state index in [2.05, 4.69) is 36.3 Å². The van der Waals surface area contributed by atoms with Gasteiger partial charge in [0.1, 0.15) is 11.5 Å². The van der Waals surface area contributed by atoms with Crippen molar-refractivity contribution in [1.29, 1.82) is 0 Å². The highest BCUT2D eigenvalue weighted by Gasteiger charge is 2.36. The molecule has 1 aromatic rings. The predicted octanol–water partition coefficient (Wildman–Crippen LogP) is 2.59. The van der Waals surface area contributed by atoms with Crippen LogP contribution in [-0.4, -0.2) is 31.1 Å². The van der Waals surface area contributed by atoms with E-state index in [0.717, 1.165) is 18.2 Å². The molecule has 3 rings (SSSR count). The molecule has 3 nitrogen and oxygen atoms in total. The molecule has 2 atom stereocenters. The zero-order chi connectivity index (χ0) is 12.5. The van der Waals surface area contributed by atoms with Crippen molar-refractivity contribution in [3.8, 4) is 0 Å². The van der Waals surface area contributed by atoms with E-state index < -0.39 is 0 Å². The van der Waals surface area contributed by atoms with Crippen molar-refractivity contribution in [2.45, 2.75) is 44.7 Å². The van der Waals surface area contributed by atoms with E-state index in [-0.39, 0.29) is 0 Å². The van der Waals surface area contributed by atoms with E-state index in [9.17, 15) is 0 Å². The van der Waals surface area contributed by atoms with Crippen molar-refractivity contribution in [3.05, 3.63) is 23.7 Å². The second-order valence-corrected chi connectivity index (χ2v) is 6.08. The molecule has 1 N–H and O–H groups in total. The lowest BCUT2D eigenvalue weighted by molar-refractivity contribution is 0.231. The molecule has 1 aliphatic carbocycles. The van der Waals surface area contributed by atoms with Crippen molar-refractivity contribution in [2.24, 2.45) is 5.92 Å². The molecule has 18 heavy (non-hydrogen) atoms. The molecule has 0 radical (unpaired) electrons. The first-order valence-corrected chi connectivity index (χ1v) is 7.23. The van der Waals surface area contributed by atoms with Crippen molar-refractivity contribution < 1.29 is 4.42 Å². The zero-order valence-electron chi connectivity index (χ0n) is 11.5. The van der Waals surface area contributed by atoms with Crippen LogP contribution in [-0.2, 0) is 6.54 Å². The SMILES string of the molecule is CC1CC1c1ccc(CNC2CCN(C)CC2)o1. The summed E-state index contributed by atoms with van der Waals surface area (Å²) in [6, 6.07) is 4.97. The molecule has 2 unspecified atom stereocenters. The van der Waals surface area contributed by atoms with E-state index >= 15 is 0 Å². The fraction of sp³-hybridized carbons (Fsp3) is 0.733. The molecular weight excluding hydrogens is 224 g/mol. The fourth-order valence-corrected chi connectivity index (χ4v) is 2.86. The first kappa shape index (κ1) is 12.2. The van der Waals surface area contributed by atoms with Gasteiger partial charge in [-0.1, -0.05) is 6.92 Å². The molecule has 2 fully saturated rings. The number of piperidine rings is 1. The minimum Gasteiger partial charge on any atom is -0.464 e. The third kappa shape index (κ3) is 2.78. The molecule has 1 aromatic heterocycles. The summed E-state index contributed by atoms with van der Waals surface area (Å²) in [6.07, 6.45) is 3.81. The molecule has 0 amide bonds. The molecular formula is C15H24N2O. The molecule has 1 saturated carbocycles. The Morgan fingerprint density at radius 2 is 2.06 bits per heavy atom. The number of nitrogens with one attached hydrogen (secondary N) is 1. The van der Waals surface area contributed by atoms with Crippen molar-refractivity contribution in [2.75, 3.05) is 20.1 Å². The standard InChI is InChI=1S/C15H24N2O/c1-11-9-14(11)15-4-3-13(18-15)10-16-12-5-7-17(2)8-6-12/h3-4,11-12,14,16H,5-10H2,1-2H3. The fourth-order valence-electron chi connectivity index (χ4n) is 2.86. The maximum Gasteiger partial charge on any atom is 0.117 e. The predicted molar refractivity (Wildman–Crippen MR) is 72.6 cm³/mol. The molecule has 1 aliphatic heterocycles. The molecule has 2 heterocycles.